The molecule has 2 amide bonds. The zero-order chi connectivity index (χ0) is 15.9. The lowest BCUT2D eigenvalue weighted by Crippen LogP contribution is -2.24. The molecule has 2 rings (SSSR count). The van der Waals surface area contributed by atoms with Crippen molar-refractivity contribution in [3.8, 4) is 5.75 Å². The normalized spacial score (nSPS) is 9.91. The third-order valence-electron chi connectivity index (χ3n) is 2.84. The predicted molar refractivity (Wildman–Crippen MR) is 80.5 cm³/mol. The summed E-state index contributed by atoms with van der Waals surface area (Å²) >= 11 is 0. The third kappa shape index (κ3) is 4.02. The van der Waals surface area contributed by atoms with Crippen molar-refractivity contribution < 1.29 is 14.3 Å². The third-order valence-corrected chi connectivity index (χ3v) is 2.84. The van der Waals surface area contributed by atoms with Gasteiger partial charge in [-0.05, 0) is 18.2 Å². The predicted octanol–water partition coefficient (Wildman–Crippen LogP) is 1.37. The Labute approximate surface area is 127 Å². The van der Waals surface area contributed by atoms with Gasteiger partial charge in [0, 0.05) is 37.1 Å². The summed E-state index contributed by atoms with van der Waals surface area (Å²) in [7, 11) is 1.54. The number of methoxy groups -OCH3 is 1. The van der Waals surface area contributed by atoms with Crippen LogP contribution in [0.2, 0.25) is 0 Å². The number of hydrogen-bond acceptors (Lipinski definition) is 5. The van der Waals surface area contributed by atoms with Gasteiger partial charge < -0.3 is 15.4 Å². The van der Waals surface area contributed by atoms with Crippen LogP contribution in [-0.2, 0) is 11.3 Å². The second kappa shape index (κ2) is 7.16. The minimum absolute atomic E-state index is 0.167. The van der Waals surface area contributed by atoms with E-state index in [0.717, 1.165) is 5.56 Å². The summed E-state index contributed by atoms with van der Waals surface area (Å²) in [6.07, 6.45) is 4.34. The van der Waals surface area contributed by atoms with Crippen LogP contribution in [0.3, 0.4) is 0 Å². The SMILES string of the molecule is COc1ccc(NC(C)=O)cc1CNC(=O)c1cnccn1. The molecule has 22 heavy (non-hydrogen) atoms. The fourth-order valence-electron chi connectivity index (χ4n) is 1.88. The summed E-state index contributed by atoms with van der Waals surface area (Å²) < 4.78 is 5.25. The Balaban J connectivity index is 2.10. The molecule has 0 unspecified atom stereocenters. The van der Waals surface area contributed by atoms with E-state index in [4.69, 9.17) is 4.74 Å². The average molecular weight is 300 g/mol. The zero-order valence-electron chi connectivity index (χ0n) is 12.3. The first-order valence-corrected chi connectivity index (χ1v) is 6.59. The molecule has 0 aliphatic rings. The molecule has 0 aliphatic carbocycles. The lowest BCUT2D eigenvalue weighted by atomic mass is 10.1. The highest BCUT2D eigenvalue weighted by Crippen LogP contribution is 2.22. The maximum atomic E-state index is 12.0. The smallest absolute Gasteiger partial charge is 0.271 e. The molecule has 0 aliphatic heterocycles. The first-order valence-electron chi connectivity index (χ1n) is 6.59. The van der Waals surface area contributed by atoms with Crippen LogP contribution < -0.4 is 15.4 Å². The molecule has 114 valence electrons. The van der Waals surface area contributed by atoms with Crippen molar-refractivity contribution in [2.45, 2.75) is 13.5 Å². The molecule has 0 fully saturated rings. The highest BCUT2D eigenvalue weighted by molar-refractivity contribution is 5.92. The topological polar surface area (TPSA) is 93.2 Å². The van der Waals surface area contributed by atoms with E-state index in [0.29, 0.717) is 11.4 Å². The lowest BCUT2D eigenvalue weighted by molar-refractivity contribution is -0.114. The number of rotatable bonds is 5. The number of anilines is 1. The van der Waals surface area contributed by atoms with E-state index in [1.165, 1.54) is 25.5 Å². The van der Waals surface area contributed by atoms with Gasteiger partial charge in [-0.15, -0.1) is 0 Å². The summed E-state index contributed by atoms with van der Waals surface area (Å²) in [5, 5.41) is 5.42. The van der Waals surface area contributed by atoms with E-state index in [1.807, 2.05) is 0 Å². The lowest BCUT2D eigenvalue weighted by Gasteiger charge is -2.12. The van der Waals surface area contributed by atoms with Gasteiger partial charge in [0.05, 0.1) is 13.3 Å². The van der Waals surface area contributed by atoms with Gasteiger partial charge in [0.25, 0.3) is 5.91 Å². The number of aromatic nitrogens is 2. The Morgan fingerprint density at radius 2 is 2.09 bits per heavy atom. The van der Waals surface area contributed by atoms with Crippen LogP contribution in [0.1, 0.15) is 23.0 Å². The molecule has 1 heterocycles. The van der Waals surface area contributed by atoms with Gasteiger partial charge >= 0.3 is 0 Å². The quantitative estimate of drug-likeness (QED) is 0.870. The van der Waals surface area contributed by atoms with Crippen molar-refractivity contribution in [3.05, 3.63) is 48.0 Å². The Hall–Kier alpha value is -2.96. The molecule has 2 N–H and O–H groups in total. The minimum atomic E-state index is -0.333. The van der Waals surface area contributed by atoms with Gasteiger partial charge in [-0.2, -0.15) is 0 Å². The summed E-state index contributed by atoms with van der Waals surface area (Å²) in [5.41, 5.74) is 1.61. The molecule has 1 aromatic carbocycles. The number of nitrogens with one attached hydrogen (secondary N) is 2. The van der Waals surface area contributed by atoms with Crippen LogP contribution in [-0.4, -0.2) is 28.9 Å². The summed E-state index contributed by atoms with van der Waals surface area (Å²) in [5.74, 6) is 0.119. The molecule has 7 nitrogen and oxygen atoms in total. The van der Waals surface area contributed by atoms with Crippen LogP contribution in [0, 0.1) is 0 Å². The molecule has 2 aromatic rings. The molecule has 1 aromatic heterocycles. The van der Waals surface area contributed by atoms with Crippen molar-refractivity contribution in [1.29, 1.82) is 0 Å². The van der Waals surface area contributed by atoms with Gasteiger partial charge in [0.15, 0.2) is 0 Å². The number of amides is 2. The van der Waals surface area contributed by atoms with Gasteiger partial charge in [-0.25, -0.2) is 4.98 Å². The number of ether oxygens (including phenoxy) is 1. The van der Waals surface area contributed by atoms with E-state index < -0.39 is 0 Å². The van der Waals surface area contributed by atoms with Crippen molar-refractivity contribution in [3.63, 3.8) is 0 Å². The number of hydrogen-bond donors (Lipinski definition) is 2. The van der Waals surface area contributed by atoms with E-state index in [-0.39, 0.29) is 24.1 Å². The molecule has 0 saturated carbocycles. The largest absolute Gasteiger partial charge is 0.496 e. The van der Waals surface area contributed by atoms with E-state index in [2.05, 4.69) is 20.6 Å². The van der Waals surface area contributed by atoms with Crippen molar-refractivity contribution in [2.75, 3.05) is 12.4 Å². The maximum Gasteiger partial charge on any atom is 0.271 e. The highest BCUT2D eigenvalue weighted by atomic mass is 16.5. The van der Waals surface area contributed by atoms with E-state index in [9.17, 15) is 9.59 Å². The molecule has 7 heteroatoms. The number of carbonyl (C=O) groups is 2. The second-order valence-electron chi connectivity index (χ2n) is 4.48. The Morgan fingerprint density at radius 3 is 2.73 bits per heavy atom. The fourth-order valence-corrected chi connectivity index (χ4v) is 1.88. The Bertz CT molecular complexity index is 674. The van der Waals surface area contributed by atoms with E-state index >= 15 is 0 Å². The van der Waals surface area contributed by atoms with Crippen molar-refractivity contribution in [2.24, 2.45) is 0 Å². The highest BCUT2D eigenvalue weighted by Gasteiger charge is 2.10. The molecular weight excluding hydrogens is 284 g/mol. The molecule has 0 spiro atoms. The van der Waals surface area contributed by atoms with Crippen LogP contribution in [0.5, 0.6) is 5.75 Å². The molecule has 0 radical (unpaired) electrons. The zero-order valence-corrected chi connectivity index (χ0v) is 12.3. The minimum Gasteiger partial charge on any atom is -0.496 e. The monoisotopic (exact) mass is 300 g/mol. The molecular formula is C15H16N4O3. The average Bonchev–Trinajstić information content (AvgIpc) is 2.53. The molecule has 0 bridgehead atoms. The standard InChI is InChI=1S/C15H16N4O3/c1-10(20)19-12-3-4-14(22-2)11(7-12)8-18-15(21)13-9-16-5-6-17-13/h3-7,9H,8H2,1-2H3,(H,18,21)(H,19,20). The van der Waals surface area contributed by atoms with Gasteiger partial charge in [-0.3, -0.25) is 14.6 Å². The summed E-state index contributed by atoms with van der Waals surface area (Å²) in [6.45, 7) is 1.67. The number of benzene rings is 1. The van der Waals surface area contributed by atoms with Crippen LogP contribution in [0.25, 0.3) is 0 Å². The first-order chi connectivity index (χ1) is 10.6. The fraction of sp³-hybridized carbons (Fsp3) is 0.200. The Morgan fingerprint density at radius 1 is 1.27 bits per heavy atom. The Kier molecular flexibility index (Phi) is 5.02. The number of carbonyl (C=O) groups excluding carboxylic acids is 2. The van der Waals surface area contributed by atoms with E-state index in [1.54, 1.807) is 25.3 Å². The van der Waals surface area contributed by atoms with Crippen molar-refractivity contribution in [1.82, 2.24) is 15.3 Å². The number of nitrogens with zero attached hydrogens (tertiary/aromatic N) is 2. The van der Waals surface area contributed by atoms with Crippen molar-refractivity contribution >= 4 is 17.5 Å². The van der Waals surface area contributed by atoms with Crippen LogP contribution in [0.4, 0.5) is 5.69 Å². The second-order valence-corrected chi connectivity index (χ2v) is 4.48. The first kappa shape index (κ1) is 15.4. The summed E-state index contributed by atoms with van der Waals surface area (Å²) in [4.78, 5) is 30.8. The maximum absolute atomic E-state index is 12.0. The van der Waals surface area contributed by atoms with Gasteiger partial charge in [0.1, 0.15) is 11.4 Å². The van der Waals surface area contributed by atoms with Gasteiger partial charge in [0.2, 0.25) is 5.91 Å². The summed E-state index contributed by atoms with van der Waals surface area (Å²) in [6, 6.07) is 5.21. The molecule has 0 saturated heterocycles. The van der Waals surface area contributed by atoms with Gasteiger partial charge in [-0.1, -0.05) is 0 Å². The van der Waals surface area contributed by atoms with Crippen LogP contribution in [0.15, 0.2) is 36.8 Å². The molecule has 0 atom stereocenters. The van der Waals surface area contributed by atoms with Crippen LogP contribution >= 0.6 is 0 Å².